The van der Waals surface area contributed by atoms with Crippen molar-refractivity contribution in [3.8, 4) is 11.6 Å². The number of hydrogen-bond acceptors (Lipinski definition) is 4. The van der Waals surface area contributed by atoms with E-state index >= 15 is 0 Å². The quantitative estimate of drug-likeness (QED) is 0.498. The molecular weight excluding hydrogens is 426 g/mol. The highest BCUT2D eigenvalue weighted by Crippen LogP contribution is 2.25. The third-order valence-corrected chi connectivity index (χ3v) is 6.38. The monoisotopic (exact) mass is 443 g/mol. The number of halogens is 1. The molecule has 1 N–H and O–H groups in total. The first-order chi connectivity index (χ1) is 15.2. The summed E-state index contributed by atoms with van der Waals surface area (Å²) in [5, 5.41) is 13.7. The van der Waals surface area contributed by atoms with Crippen molar-refractivity contribution in [2.45, 2.75) is 6.54 Å². The molecule has 6 heteroatoms. The molecule has 2 heterocycles. The molecule has 1 aliphatic rings. The van der Waals surface area contributed by atoms with E-state index in [1.54, 1.807) is 10.8 Å². The lowest BCUT2D eigenvalue weighted by molar-refractivity contribution is 0.439. The summed E-state index contributed by atoms with van der Waals surface area (Å²) < 4.78 is 1.77. The highest BCUT2D eigenvalue weighted by molar-refractivity contribution is 7.10. The summed E-state index contributed by atoms with van der Waals surface area (Å²) in [5.41, 5.74) is 2.87. The Labute approximate surface area is 188 Å². The standard InChI is InChI=1S/C25H18ClN3OS/c26-21-9-5-4-6-19(21)16-28-25-29(20-7-2-1-3-8-20)24(30)23(31-25)15-17-10-11-22-18(14-17)12-13-27-22/h1-15,30H,16H2. The first-order valence-electron chi connectivity index (χ1n) is 9.79. The average molecular weight is 444 g/mol. The van der Waals surface area contributed by atoms with E-state index in [4.69, 9.17) is 16.6 Å². The summed E-state index contributed by atoms with van der Waals surface area (Å²) >= 11 is 7.75. The van der Waals surface area contributed by atoms with Gasteiger partial charge in [-0.25, -0.2) is 0 Å². The Hall–Kier alpha value is -3.41. The number of thiazole rings is 1. The number of aromatic nitrogens is 1. The normalized spacial score (nSPS) is 13.5. The van der Waals surface area contributed by atoms with Crippen LogP contribution < -0.4 is 15.4 Å². The van der Waals surface area contributed by atoms with E-state index in [0.29, 0.717) is 16.4 Å². The summed E-state index contributed by atoms with van der Waals surface area (Å²) in [5.74, 6) is 0.162. The average Bonchev–Trinajstić information content (AvgIpc) is 3.38. The molecule has 0 saturated carbocycles. The van der Waals surface area contributed by atoms with Gasteiger partial charge in [0.2, 0.25) is 5.88 Å². The maximum Gasteiger partial charge on any atom is 0.215 e. The summed E-state index contributed by atoms with van der Waals surface area (Å²) in [6.45, 7) is 0.428. The van der Waals surface area contributed by atoms with Crippen LogP contribution >= 0.6 is 22.9 Å². The van der Waals surface area contributed by atoms with Gasteiger partial charge in [-0.3, -0.25) is 14.6 Å². The van der Waals surface area contributed by atoms with Gasteiger partial charge in [-0.2, -0.15) is 0 Å². The highest BCUT2D eigenvalue weighted by Gasteiger charge is 2.13. The number of para-hydroxylation sites is 1. The number of aromatic hydroxyl groups is 1. The van der Waals surface area contributed by atoms with E-state index in [0.717, 1.165) is 32.3 Å². The van der Waals surface area contributed by atoms with Crippen LogP contribution in [0.25, 0.3) is 17.8 Å². The van der Waals surface area contributed by atoms with E-state index in [-0.39, 0.29) is 5.88 Å². The van der Waals surface area contributed by atoms with Gasteiger partial charge in [-0.15, -0.1) is 0 Å². The van der Waals surface area contributed by atoms with Crippen molar-refractivity contribution in [2.24, 2.45) is 9.98 Å². The Morgan fingerprint density at radius 1 is 1.03 bits per heavy atom. The molecule has 0 amide bonds. The van der Waals surface area contributed by atoms with Crippen molar-refractivity contribution in [1.82, 2.24) is 4.57 Å². The fourth-order valence-electron chi connectivity index (χ4n) is 3.44. The first-order valence-corrected chi connectivity index (χ1v) is 11.0. The van der Waals surface area contributed by atoms with Crippen LogP contribution in [0.5, 0.6) is 5.88 Å². The topological polar surface area (TPSA) is 49.9 Å². The van der Waals surface area contributed by atoms with Gasteiger partial charge in [0.05, 0.1) is 22.5 Å². The van der Waals surface area contributed by atoms with Crippen LogP contribution in [0.3, 0.4) is 0 Å². The van der Waals surface area contributed by atoms with Gasteiger partial charge in [0.25, 0.3) is 0 Å². The highest BCUT2D eigenvalue weighted by atomic mass is 35.5. The molecule has 0 fully saturated rings. The van der Waals surface area contributed by atoms with E-state index in [9.17, 15) is 5.11 Å². The van der Waals surface area contributed by atoms with Gasteiger partial charge < -0.3 is 5.11 Å². The molecule has 1 aliphatic heterocycles. The zero-order valence-corrected chi connectivity index (χ0v) is 18.0. The zero-order chi connectivity index (χ0) is 21.2. The predicted octanol–water partition coefficient (Wildman–Crippen LogP) is 4.43. The van der Waals surface area contributed by atoms with Crippen molar-refractivity contribution < 1.29 is 5.11 Å². The Morgan fingerprint density at radius 3 is 2.68 bits per heavy atom. The minimum atomic E-state index is 0.162. The molecule has 0 atom stereocenters. The maximum atomic E-state index is 11.1. The van der Waals surface area contributed by atoms with Gasteiger partial charge in [-0.1, -0.05) is 65.4 Å². The molecule has 31 heavy (non-hydrogen) atoms. The van der Waals surface area contributed by atoms with Crippen LogP contribution in [0, 0.1) is 0 Å². The molecule has 152 valence electrons. The molecular formula is C25H18ClN3OS. The molecule has 0 saturated heterocycles. The smallest absolute Gasteiger partial charge is 0.215 e. The minimum absolute atomic E-state index is 0.162. The zero-order valence-electron chi connectivity index (χ0n) is 16.4. The van der Waals surface area contributed by atoms with Crippen molar-refractivity contribution in [3.05, 3.63) is 115 Å². The molecule has 0 radical (unpaired) electrons. The number of rotatable bonds is 4. The maximum absolute atomic E-state index is 11.1. The molecule has 5 rings (SSSR count). The Kier molecular flexibility index (Phi) is 5.28. The van der Waals surface area contributed by atoms with Gasteiger partial charge in [0, 0.05) is 16.8 Å². The van der Waals surface area contributed by atoms with Crippen LogP contribution in [-0.2, 0) is 6.54 Å². The second-order valence-electron chi connectivity index (χ2n) is 7.06. The van der Waals surface area contributed by atoms with Crippen LogP contribution in [0.2, 0.25) is 5.02 Å². The van der Waals surface area contributed by atoms with Crippen molar-refractivity contribution in [3.63, 3.8) is 0 Å². The van der Waals surface area contributed by atoms with Crippen LogP contribution in [0.4, 0.5) is 0 Å². The second-order valence-corrected chi connectivity index (χ2v) is 8.47. The fourth-order valence-corrected chi connectivity index (χ4v) is 4.62. The Bertz CT molecular complexity index is 1480. The minimum Gasteiger partial charge on any atom is -0.493 e. The number of hydrogen-bond donors (Lipinski definition) is 1. The molecule has 0 aliphatic carbocycles. The van der Waals surface area contributed by atoms with Crippen molar-refractivity contribution in [1.29, 1.82) is 0 Å². The number of fused-ring (bicyclic) bond motifs is 1. The molecule has 4 aromatic rings. The van der Waals surface area contributed by atoms with E-state index < -0.39 is 0 Å². The van der Waals surface area contributed by atoms with Crippen molar-refractivity contribution >= 4 is 35.1 Å². The molecule has 3 aromatic carbocycles. The predicted molar refractivity (Wildman–Crippen MR) is 126 cm³/mol. The molecule has 0 bridgehead atoms. The van der Waals surface area contributed by atoms with Gasteiger partial charge in [0.15, 0.2) is 4.80 Å². The summed E-state index contributed by atoms with van der Waals surface area (Å²) in [7, 11) is 0. The second kappa shape index (κ2) is 8.38. The number of benzene rings is 3. The Balaban J connectivity index is 1.65. The first kappa shape index (κ1) is 19.5. The lowest BCUT2D eigenvalue weighted by atomic mass is 10.2. The fraction of sp³-hybridized carbons (Fsp3) is 0.0400. The van der Waals surface area contributed by atoms with Crippen LogP contribution in [0.15, 0.2) is 89.0 Å². The largest absolute Gasteiger partial charge is 0.493 e. The lowest BCUT2D eigenvalue weighted by Gasteiger charge is -2.05. The lowest BCUT2D eigenvalue weighted by Crippen LogP contribution is -2.12. The van der Waals surface area contributed by atoms with Gasteiger partial charge in [-0.05, 0) is 53.3 Å². The molecule has 0 spiro atoms. The van der Waals surface area contributed by atoms with E-state index in [1.807, 2.05) is 78.9 Å². The van der Waals surface area contributed by atoms with E-state index in [2.05, 4.69) is 11.1 Å². The van der Waals surface area contributed by atoms with Gasteiger partial charge in [0.1, 0.15) is 0 Å². The molecule has 0 unspecified atom stereocenters. The Morgan fingerprint density at radius 2 is 1.84 bits per heavy atom. The van der Waals surface area contributed by atoms with E-state index in [1.165, 1.54) is 11.3 Å². The number of nitrogens with zero attached hydrogens (tertiary/aromatic N) is 3. The summed E-state index contributed by atoms with van der Waals surface area (Å²) in [6, 6.07) is 23.5. The van der Waals surface area contributed by atoms with Crippen molar-refractivity contribution in [2.75, 3.05) is 0 Å². The molecule has 1 aromatic heterocycles. The third-order valence-electron chi connectivity index (χ3n) is 5.00. The van der Waals surface area contributed by atoms with Gasteiger partial charge >= 0.3 is 0 Å². The summed E-state index contributed by atoms with van der Waals surface area (Å²) in [4.78, 5) is 10.5. The third kappa shape index (κ3) is 3.98. The molecule has 4 nitrogen and oxygen atoms in total. The van der Waals surface area contributed by atoms with Crippen LogP contribution in [0.1, 0.15) is 16.0 Å². The SMILES string of the molecule is Oc1c(C=c2ccc3c(c2)C=CN=3)sc(=NCc2ccccc2Cl)n1-c1ccccc1. The summed E-state index contributed by atoms with van der Waals surface area (Å²) in [6.07, 6.45) is 5.75. The van der Waals surface area contributed by atoms with Crippen LogP contribution in [-0.4, -0.2) is 9.67 Å².